The zero-order valence-electron chi connectivity index (χ0n) is 15.6. The molecular formula is C19H27N5O2. The molecule has 7 heteroatoms. The molecule has 0 unspecified atom stereocenters. The molecule has 26 heavy (non-hydrogen) atoms. The van der Waals surface area contributed by atoms with Crippen LogP contribution in [-0.2, 0) is 19.4 Å². The Hall–Kier alpha value is -2.83. The van der Waals surface area contributed by atoms with Crippen molar-refractivity contribution in [1.29, 1.82) is 0 Å². The summed E-state index contributed by atoms with van der Waals surface area (Å²) in [5.74, 6) is 1.49. The van der Waals surface area contributed by atoms with Crippen molar-refractivity contribution in [2.45, 2.75) is 33.2 Å². The Balaban J connectivity index is 1.76. The molecule has 0 aliphatic heterocycles. The first-order chi connectivity index (χ1) is 12.7. The fraction of sp³-hybridized carbons (Fsp3) is 0.421. The largest absolute Gasteiger partial charge is 0.361 e. The second kappa shape index (κ2) is 10.2. The van der Waals surface area contributed by atoms with E-state index in [1.807, 2.05) is 25.1 Å². The molecule has 0 bridgehead atoms. The maximum atomic E-state index is 12.0. The third kappa shape index (κ3) is 5.34. The summed E-state index contributed by atoms with van der Waals surface area (Å²) < 4.78 is 5.37. The summed E-state index contributed by atoms with van der Waals surface area (Å²) in [5.41, 5.74) is 2.72. The average molecular weight is 357 g/mol. The van der Waals surface area contributed by atoms with Crippen LogP contribution >= 0.6 is 0 Å². The molecular weight excluding hydrogens is 330 g/mol. The van der Waals surface area contributed by atoms with Crippen molar-refractivity contribution in [3.63, 3.8) is 0 Å². The minimum absolute atomic E-state index is 0.0833. The lowest BCUT2D eigenvalue weighted by atomic mass is 10.1. The predicted molar refractivity (Wildman–Crippen MR) is 102 cm³/mol. The smallest absolute Gasteiger partial charge is 0.251 e. The van der Waals surface area contributed by atoms with Crippen LogP contribution in [0.3, 0.4) is 0 Å². The minimum atomic E-state index is -0.0833. The number of benzene rings is 1. The standard InChI is InChI=1S/C19H27N5O2/c1-4-16-15(17(5-2)26-24-16)13-23-19(20-3)22-12-11-21-18(25)14-9-7-6-8-10-14/h6-10H,4-5,11-13H2,1-3H3,(H,21,25)(H2,20,22,23). The van der Waals surface area contributed by atoms with Gasteiger partial charge in [0, 0.05) is 44.2 Å². The molecule has 7 nitrogen and oxygen atoms in total. The van der Waals surface area contributed by atoms with Crippen LogP contribution in [0.2, 0.25) is 0 Å². The minimum Gasteiger partial charge on any atom is -0.361 e. The van der Waals surface area contributed by atoms with Crippen molar-refractivity contribution in [2.24, 2.45) is 4.99 Å². The van der Waals surface area contributed by atoms with E-state index in [4.69, 9.17) is 4.52 Å². The van der Waals surface area contributed by atoms with E-state index in [1.165, 1.54) is 0 Å². The van der Waals surface area contributed by atoms with Crippen molar-refractivity contribution in [1.82, 2.24) is 21.1 Å². The Kier molecular flexibility index (Phi) is 7.67. The van der Waals surface area contributed by atoms with Gasteiger partial charge in [0.1, 0.15) is 5.76 Å². The zero-order valence-corrected chi connectivity index (χ0v) is 15.6. The molecule has 0 aliphatic rings. The first-order valence-corrected chi connectivity index (χ1v) is 8.93. The second-order valence-corrected chi connectivity index (χ2v) is 5.71. The van der Waals surface area contributed by atoms with Crippen molar-refractivity contribution in [2.75, 3.05) is 20.1 Å². The van der Waals surface area contributed by atoms with E-state index in [9.17, 15) is 4.79 Å². The predicted octanol–water partition coefficient (Wildman–Crippen LogP) is 1.89. The van der Waals surface area contributed by atoms with Gasteiger partial charge in [-0.1, -0.05) is 37.2 Å². The van der Waals surface area contributed by atoms with Crippen molar-refractivity contribution < 1.29 is 9.32 Å². The van der Waals surface area contributed by atoms with Gasteiger partial charge in [-0.3, -0.25) is 9.79 Å². The number of carbonyl (C=O) groups is 1. The average Bonchev–Trinajstić information content (AvgIpc) is 3.09. The van der Waals surface area contributed by atoms with Gasteiger partial charge in [-0.25, -0.2) is 0 Å². The number of carbonyl (C=O) groups excluding carboxylic acids is 1. The molecule has 0 spiro atoms. The summed E-state index contributed by atoms with van der Waals surface area (Å²) in [6.07, 6.45) is 1.64. The molecule has 1 aromatic heterocycles. The number of hydrogen-bond donors (Lipinski definition) is 3. The lowest BCUT2D eigenvalue weighted by molar-refractivity contribution is 0.0954. The van der Waals surface area contributed by atoms with Gasteiger partial charge in [0.15, 0.2) is 5.96 Å². The number of amides is 1. The van der Waals surface area contributed by atoms with Crippen LogP contribution in [0, 0.1) is 0 Å². The van der Waals surface area contributed by atoms with Gasteiger partial charge in [-0.2, -0.15) is 0 Å². The van der Waals surface area contributed by atoms with E-state index < -0.39 is 0 Å². The molecule has 0 saturated heterocycles. The molecule has 2 aromatic rings. The number of hydrogen-bond acceptors (Lipinski definition) is 4. The highest BCUT2D eigenvalue weighted by molar-refractivity contribution is 5.94. The van der Waals surface area contributed by atoms with Crippen LogP contribution < -0.4 is 16.0 Å². The summed E-state index contributed by atoms with van der Waals surface area (Å²) >= 11 is 0. The van der Waals surface area contributed by atoms with E-state index in [1.54, 1.807) is 19.2 Å². The van der Waals surface area contributed by atoms with E-state index in [-0.39, 0.29) is 5.91 Å². The SMILES string of the molecule is CCc1noc(CC)c1CNC(=NC)NCCNC(=O)c1ccccc1. The summed E-state index contributed by atoms with van der Waals surface area (Å²) in [7, 11) is 1.72. The number of guanidine groups is 1. The second-order valence-electron chi connectivity index (χ2n) is 5.71. The molecule has 0 radical (unpaired) electrons. The molecule has 2 rings (SSSR count). The summed E-state index contributed by atoms with van der Waals surface area (Å²) in [6.45, 7) is 5.78. The molecule has 3 N–H and O–H groups in total. The van der Waals surface area contributed by atoms with Gasteiger partial charge in [-0.05, 0) is 18.6 Å². The molecule has 0 atom stereocenters. The summed E-state index contributed by atoms with van der Waals surface area (Å²) in [4.78, 5) is 16.2. The highest BCUT2D eigenvalue weighted by atomic mass is 16.5. The van der Waals surface area contributed by atoms with Crippen molar-refractivity contribution in [3.8, 4) is 0 Å². The lowest BCUT2D eigenvalue weighted by Crippen LogP contribution is -2.41. The molecule has 0 fully saturated rings. The molecule has 1 aromatic carbocycles. The van der Waals surface area contributed by atoms with Crippen LogP contribution in [-0.4, -0.2) is 37.2 Å². The number of aliphatic imine (C=N–C) groups is 1. The highest BCUT2D eigenvalue weighted by Gasteiger charge is 2.13. The third-order valence-electron chi connectivity index (χ3n) is 4.00. The number of aromatic nitrogens is 1. The normalized spacial score (nSPS) is 11.3. The van der Waals surface area contributed by atoms with E-state index >= 15 is 0 Å². The highest BCUT2D eigenvalue weighted by Crippen LogP contribution is 2.15. The van der Waals surface area contributed by atoms with Gasteiger partial charge >= 0.3 is 0 Å². The van der Waals surface area contributed by atoms with E-state index in [0.29, 0.717) is 31.2 Å². The summed E-state index contributed by atoms with van der Waals surface area (Å²) in [6, 6.07) is 9.16. The Labute approximate surface area is 154 Å². The number of nitrogens with one attached hydrogen (secondary N) is 3. The number of aryl methyl sites for hydroxylation is 2. The van der Waals surface area contributed by atoms with Crippen LogP contribution in [0.25, 0.3) is 0 Å². The molecule has 1 heterocycles. The fourth-order valence-electron chi connectivity index (χ4n) is 2.58. The molecule has 1 amide bonds. The van der Waals surface area contributed by atoms with Gasteiger partial charge in [0.2, 0.25) is 0 Å². The van der Waals surface area contributed by atoms with Gasteiger partial charge < -0.3 is 20.5 Å². The molecule has 0 aliphatic carbocycles. The Bertz CT molecular complexity index is 703. The van der Waals surface area contributed by atoms with Crippen molar-refractivity contribution in [3.05, 3.63) is 52.9 Å². The van der Waals surface area contributed by atoms with Crippen LogP contribution in [0.5, 0.6) is 0 Å². The number of nitrogens with zero attached hydrogens (tertiary/aromatic N) is 2. The van der Waals surface area contributed by atoms with Gasteiger partial charge in [0.05, 0.1) is 5.69 Å². The Morgan fingerprint density at radius 1 is 1.08 bits per heavy atom. The lowest BCUT2D eigenvalue weighted by Gasteiger charge is -2.12. The first kappa shape index (κ1) is 19.5. The van der Waals surface area contributed by atoms with E-state index in [0.717, 1.165) is 29.9 Å². The molecule has 140 valence electrons. The number of rotatable bonds is 8. The first-order valence-electron chi connectivity index (χ1n) is 8.93. The Morgan fingerprint density at radius 2 is 1.81 bits per heavy atom. The van der Waals surface area contributed by atoms with Gasteiger partial charge in [0.25, 0.3) is 5.91 Å². The maximum absolute atomic E-state index is 12.0. The van der Waals surface area contributed by atoms with Crippen molar-refractivity contribution >= 4 is 11.9 Å². The van der Waals surface area contributed by atoms with E-state index in [2.05, 4.69) is 33.0 Å². The van der Waals surface area contributed by atoms with Crippen LogP contribution in [0.1, 0.15) is 41.2 Å². The third-order valence-corrected chi connectivity index (χ3v) is 4.00. The Morgan fingerprint density at radius 3 is 2.46 bits per heavy atom. The van der Waals surface area contributed by atoms with Crippen LogP contribution in [0.15, 0.2) is 39.8 Å². The molecule has 0 saturated carbocycles. The zero-order chi connectivity index (χ0) is 18.8. The quantitative estimate of drug-likeness (QED) is 0.381. The monoisotopic (exact) mass is 357 g/mol. The fourth-order valence-corrected chi connectivity index (χ4v) is 2.58. The van der Waals surface area contributed by atoms with Crippen LogP contribution in [0.4, 0.5) is 0 Å². The topological polar surface area (TPSA) is 91.6 Å². The maximum Gasteiger partial charge on any atom is 0.251 e. The van der Waals surface area contributed by atoms with Gasteiger partial charge in [-0.15, -0.1) is 0 Å². The summed E-state index contributed by atoms with van der Waals surface area (Å²) in [5, 5.41) is 13.4.